The van der Waals surface area contributed by atoms with Gasteiger partial charge in [0.05, 0.1) is 18.6 Å². The molecule has 0 spiro atoms. The number of aromatic nitrogens is 2. The van der Waals surface area contributed by atoms with Crippen LogP contribution in [0.3, 0.4) is 0 Å². The molecule has 0 aliphatic rings. The van der Waals surface area contributed by atoms with E-state index in [2.05, 4.69) is 4.98 Å². The minimum atomic E-state index is -0.190. The SMILES string of the molecule is Cn1cnc(CC(N)CO)c1. The van der Waals surface area contributed by atoms with E-state index in [1.807, 2.05) is 17.8 Å². The van der Waals surface area contributed by atoms with Crippen LogP contribution < -0.4 is 5.73 Å². The van der Waals surface area contributed by atoms with E-state index >= 15 is 0 Å². The fourth-order valence-corrected chi connectivity index (χ4v) is 0.906. The first-order chi connectivity index (χ1) is 5.22. The van der Waals surface area contributed by atoms with Crippen LogP contribution in [0.1, 0.15) is 5.69 Å². The van der Waals surface area contributed by atoms with Crippen LogP contribution in [0.5, 0.6) is 0 Å². The molecular formula is C7H13N3O. The summed E-state index contributed by atoms with van der Waals surface area (Å²) in [5.74, 6) is 0. The third kappa shape index (κ3) is 2.32. The number of aliphatic hydroxyl groups excluding tert-OH is 1. The molecule has 4 nitrogen and oxygen atoms in total. The molecule has 3 N–H and O–H groups in total. The van der Waals surface area contributed by atoms with E-state index in [4.69, 9.17) is 10.8 Å². The van der Waals surface area contributed by atoms with Gasteiger partial charge >= 0.3 is 0 Å². The van der Waals surface area contributed by atoms with Gasteiger partial charge in [0.1, 0.15) is 0 Å². The molecule has 1 heterocycles. The van der Waals surface area contributed by atoms with Gasteiger partial charge in [-0.25, -0.2) is 4.98 Å². The minimum Gasteiger partial charge on any atom is -0.395 e. The van der Waals surface area contributed by atoms with Crippen molar-refractivity contribution in [2.45, 2.75) is 12.5 Å². The number of imidazole rings is 1. The molecule has 0 radical (unpaired) electrons. The van der Waals surface area contributed by atoms with Crippen molar-refractivity contribution < 1.29 is 5.11 Å². The lowest BCUT2D eigenvalue weighted by Crippen LogP contribution is -2.26. The Hall–Kier alpha value is -0.870. The van der Waals surface area contributed by atoms with Crippen molar-refractivity contribution in [2.24, 2.45) is 12.8 Å². The third-order valence-electron chi connectivity index (χ3n) is 1.46. The Labute approximate surface area is 65.7 Å². The topological polar surface area (TPSA) is 64.1 Å². The number of aryl methyl sites for hydroxylation is 1. The van der Waals surface area contributed by atoms with Crippen molar-refractivity contribution in [1.82, 2.24) is 9.55 Å². The normalized spacial score (nSPS) is 13.4. The van der Waals surface area contributed by atoms with E-state index in [1.54, 1.807) is 6.33 Å². The second kappa shape index (κ2) is 3.50. The zero-order valence-corrected chi connectivity index (χ0v) is 6.57. The van der Waals surface area contributed by atoms with Gasteiger partial charge in [-0.1, -0.05) is 0 Å². The molecule has 1 aromatic rings. The lowest BCUT2D eigenvalue weighted by Gasteiger charge is -2.03. The lowest BCUT2D eigenvalue weighted by atomic mass is 10.2. The van der Waals surface area contributed by atoms with E-state index < -0.39 is 0 Å². The van der Waals surface area contributed by atoms with Gasteiger partial charge < -0.3 is 15.4 Å². The molecule has 0 saturated heterocycles. The van der Waals surface area contributed by atoms with E-state index in [-0.39, 0.29) is 12.6 Å². The summed E-state index contributed by atoms with van der Waals surface area (Å²) in [7, 11) is 1.90. The van der Waals surface area contributed by atoms with Gasteiger partial charge in [0, 0.05) is 25.7 Å². The summed E-state index contributed by atoms with van der Waals surface area (Å²) in [5, 5.41) is 8.64. The molecule has 1 atom stereocenters. The predicted molar refractivity (Wildman–Crippen MR) is 42.0 cm³/mol. The molecule has 11 heavy (non-hydrogen) atoms. The minimum absolute atomic E-state index is 0.0105. The van der Waals surface area contributed by atoms with Gasteiger partial charge in [-0.2, -0.15) is 0 Å². The molecular weight excluding hydrogens is 142 g/mol. The molecule has 62 valence electrons. The van der Waals surface area contributed by atoms with Crippen LogP contribution in [0, 0.1) is 0 Å². The molecule has 1 rings (SSSR count). The molecule has 0 saturated carbocycles. The average Bonchev–Trinajstić information content (AvgIpc) is 2.35. The molecule has 0 bridgehead atoms. The van der Waals surface area contributed by atoms with Crippen LogP contribution in [-0.2, 0) is 13.5 Å². The van der Waals surface area contributed by atoms with Gasteiger partial charge in [-0.05, 0) is 0 Å². The maximum absolute atomic E-state index is 8.64. The largest absolute Gasteiger partial charge is 0.395 e. The summed E-state index contributed by atoms with van der Waals surface area (Å²) in [6.45, 7) is 0.0105. The van der Waals surface area contributed by atoms with Crippen molar-refractivity contribution >= 4 is 0 Å². The Morgan fingerprint density at radius 1 is 1.82 bits per heavy atom. The highest BCUT2D eigenvalue weighted by atomic mass is 16.3. The van der Waals surface area contributed by atoms with Gasteiger partial charge in [-0.3, -0.25) is 0 Å². The van der Waals surface area contributed by atoms with Gasteiger partial charge in [0.25, 0.3) is 0 Å². The van der Waals surface area contributed by atoms with Crippen molar-refractivity contribution in [3.8, 4) is 0 Å². The molecule has 0 aliphatic carbocycles. The molecule has 4 heteroatoms. The molecule has 0 amide bonds. The summed E-state index contributed by atoms with van der Waals surface area (Å²) in [6, 6.07) is -0.190. The summed E-state index contributed by atoms with van der Waals surface area (Å²) < 4.78 is 1.86. The monoisotopic (exact) mass is 155 g/mol. The number of hydrogen-bond acceptors (Lipinski definition) is 3. The van der Waals surface area contributed by atoms with Crippen molar-refractivity contribution in [1.29, 1.82) is 0 Å². The zero-order valence-electron chi connectivity index (χ0n) is 6.57. The van der Waals surface area contributed by atoms with Crippen LogP contribution in [0.4, 0.5) is 0 Å². The maximum atomic E-state index is 8.64. The first-order valence-corrected chi connectivity index (χ1v) is 3.55. The Balaban J connectivity index is 2.50. The van der Waals surface area contributed by atoms with Crippen LogP contribution in [-0.4, -0.2) is 27.3 Å². The van der Waals surface area contributed by atoms with Gasteiger partial charge in [-0.15, -0.1) is 0 Å². The molecule has 0 fully saturated rings. The number of hydrogen-bond donors (Lipinski definition) is 2. The Kier molecular flexibility index (Phi) is 2.62. The summed E-state index contributed by atoms with van der Waals surface area (Å²) >= 11 is 0. The molecule has 0 aromatic carbocycles. The summed E-state index contributed by atoms with van der Waals surface area (Å²) in [6.07, 6.45) is 4.26. The zero-order chi connectivity index (χ0) is 8.27. The first-order valence-electron chi connectivity index (χ1n) is 3.55. The van der Waals surface area contributed by atoms with E-state index in [0.717, 1.165) is 5.69 Å². The lowest BCUT2D eigenvalue weighted by molar-refractivity contribution is 0.264. The molecule has 0 aliphatic heterocycles. The highest BCUT2D eigenvalue weighted by molar-refractivity contribution is 4.98. The highest BCUT2D eigenvalue weighted by Crippen LogP contribution is 1.97. The fourth-order valence-electron chi connectivity index (χ4n) is 0.906. The smallest absolute Gasteiger partial charge is 0.0946 e. The average molecular weight is 155 g/mol. The maximum Gasteiger partial charge on any atom is 0.0946 e. The standard InChI is InChI=1S/C7H13N3O/c1-10-3-7(9-5-10)2-6(8)4-11/h3,5-6,11H,2,4,8H2,1H3. The van der Waals surface area contributed by atoms with E-state index in [0.29, 0.717) is 6.42 Å². The van der Waals surface area contributed by atoms with Crippen LogP contribution in [0.2, 0.25) is 0 Å². The van der Waals surface area contributed by atoms with Crippen LogP contribution >= 0.6 is 0 Å². The van der Waals surface area contributed by atoms with Gasteiger partial charge in [0.2, 0.25) is 0 Å². The Morgan fingerprint density at radius 3 is 3.00 bits per heavy atom. The van der Waals surface area contributed by atoms with Crippen molar-refractivity contribution in [3.63, 3.8) is 0 Å². The number of nitrogens with zero attached hydrogens (tertiary/aromatic N) is 2. The van der Waals surface area contributed by atoms with Crippen LogP contribution in [0.15, 0.2) is 12.5 Å². The number of aliphatic hydroxyl groups is 1. The quantitative estimate of drug-likeness (QED) is 0.605. The summed E-state index contributed by atoms with van der Waals surface area (Å²) in [5.41, 5.74) is 6.44. The third-order valence-corrected chi connectivity index (χ3v) is 1.46. The molecule has 1 unspecified atom stereocenters. The molecule has 1 aromatic heterocycles. The predicted octanol–water partition coefficient (Wildman–Crippen LogP) is -0.718. The van der Waals surface area contributed by atoms with Crippen LogP contribution in [0.25, 0.3) is 0 Å². The Bertz CT molecular complexity index is 221. The number of nitrogens with two attached hydrogens (primary N) is 1. The van der Waals surface area contributed by atoms with E-state index in [1.165, 1.54) is 0 Å². The second-order valence-corrected chi connectivity index (χ2v) is 2.68. The van der Waals surface area contributed by atoms with Crippen molar-refractivity contribution in [2.75, 3.05) is 6.61 Å². The number of rotatable bonds is 3. The highest BCUT2D eigenvalue weighted by Gasteiger charge is 2.03. The second-order valence-electron chi connectivity index (χ2n) is 2.68. The Morgan fingerprint density at radius 2 is 2.55 bits per heavy atom. The summed E-state index contributed by atoms with van der Waals surface area (Å²) in [4.78, 5) is 4.08. The van der Waals surface area contributed by atoms with E-state index in [9.17, 15) is 0 Å². The van der Waals surface area contributed by atoms with Gasteiger partial charge in [0.15, 0.2) is 0 Å². The van der Waals surface area contributed by atoms with Crippen molar-refractivity contribution in [3.05, 3.63) is 18.2 Å². The first kappa shape index (κ1) is 8.23. The fraction of sp³-hybridized carbons (Fsp3) is 0.571.